The Bertz CT molecular complexity index is 702. The monoisotopic (exact) mass is 302 g/mol. The van der Waals surface area contributed by atoms with Crippen molar-refractivity contribution in [3.8, 4) is 0 Å². The molecule has 0 aromatic heterocycles. The summed E-state index contributed by atoms with van der Waals surface area (Å²) in [4.78, 5) is 0.168. The Morgan fingerprint density at radius 3 is 2.11 bits per heavy atom. The number of nitrogens with one attached hydrogen (secondary N) is 2. The summed E-state index contributed by atoms with van der Waals surface area (Å²) in [5.74, 6) is -0.183. The highest BCUT2D eigenvalue weighted by Crippen LogP contribution is 2.11. The first-order chi connectivity index (χ1) is 8.60. The van der Waals surface area contributed by atoms with Crippen molar-refractivity contribution < 1.29 is 16.8 Å². The van der Waals surface area contributed by atoms with Gasteiger partial charge in [-0.15, -0.1) is 0 Å². The standard InChI is InChI=1S/C11H14N2O4S2/c1-9(12)13-19(16,17)8-7-10-3-5-11(6-4-10)18(2,14)15/h3-8H,1-2H3,(H2,12,13)/b8-7+. The van der Waals surface area contributed by atoms with E-state index in [4.69, 9.17) is 5.41 Å². The van der Waals surface area contributed by atoms with Crippen LogP contribution in [0.1, 0.15) is 12.5 Å². The summed E-state index contributed by atoms with van der Waals surface area (Å²) in [6.45, 7) is 1.31. The van der Waals surface area contributed by atoms with Gasteiger partial charge in [0, 0.05) is 6.26 Å². The molecule has 0 saturated heterocycles. The fraction of sp³-hybridized carbons (Fsp3) is 0.182. The Morgan fingerprint density at radius 1 is 1.16 bits per heavy atom. The van der Waals surface area contributed by atoms with Crippen LogP contribution in [0, 0.1) is 5.41 Å². The first-order valence-electron chi connectivity index (χ1n) is 5.16. The zero-order valence-electron chi connectivity index (χ0n) is 10.4. The lowest BCUT2D eigenvalue weighted by atomic mass is 10.2. The molecule has 0 bridgehead atoms. The third kappa shape index (κ3) is 5.23. The van der Waals surface area contributed by atoms with Gasteiger partial charge in [-0.1, -0.05) is 12.1 Å². The largest absolute Gasteiger partial charge is 0.288 e. The maximum absolute atomic E-state index is 11.4. The van der Waals surface area contributed by atoms with E-state index in [1.807, 2.05) is 4.72 Å². The quantitative estimate of drug-likeness (QED) is 0.639. The Hall–Kier alpha value is -1.67. The molecule has 0 fully saturated rings. The minimum Gasteiger partial charge on any atom is -0.288 e. The fourth-order valence-corrected chi connectivity index (χ4v) is 2.70. The predicted octanol–water partition coefficient (Wildman–Crippen LogP) is 0.977. The van der Waals surface area contributed by atoms with Gasteiger partial charge in [0.25, 0.3) is 10.0 Å². The Balaban J connectivity index is 2.93. The summed E-state index contributed by atoms with van der Waals surface area (Å²) in [7, 11) is -6.95. The highest BCUT2D eigenvalue weighted by molar-refractivity contribution is 7.93. The van der Waals surface area contributed by atoms with E-state index in [1.165, 1.54) is 37.3 Å². The Labute approximate surface area is 112 Å². The number of rotatable bonds is 4. The fourth-order valence-electron chi connectivity index (χ4n) is 1.24. The van der Waals surface area contributed by atoms with Crippen LogP contribution in [-0.4, -0.2) is 28.9 Å². The van der Waals surface area contributed by atoms with Crippen molar-refractivity contribution in [2.24, 2.45) is 0 Å². The van der Waals surface area contributed by atoms with Crippen molar-refractivity contribution in [3.63, 3.8) is 0 Å². The number of hydrogen-bond acceptors (Lipinski definition) is 5. The molecule has 0 amide bonds. The molecule has 0 aliphatic heterocycles. The minimum atomic E-state index is -3.69. The van der Waals surface area contributed by atoms with E-state index < -0.39 is 19.9 Å². The van der Waals surface area contributed by atoms with Crippen LogP contribution in [0.3, 0.4) is 0 Å². The molecule has 0 heterocycles. The smallest absolute Gasteiger partial charge is 0.255 e. The van der Waals surface area contributed by atoms with E-state index in [9.17, 15) is 16.8 Å². The first-order valence-corrected chi connectivity index (χ1v) is 8.60. The number of hydrogen-bond donors (Lipinski definition) is 2. The maximum Gasteiger partial charge on any atom is 0.255 e. The normalized spacial score (nSPS) is 12.5. The van der Waals surface area contributed by atoms with Crippen LogP contribution in [0.25, 0.3) is 6.08 Å². The van der Waals surface area contributed by atoms with Crippen LogP contribution >= 0.6 is 0 Å². The molecule has 1 rings (SSSR count). The maximum atomic E-state index is 11.4. The topological polar surface area (TPSA) is 104 Å². The average molecular weight is 302 g/mol. The van der Waals surface area contributed by atoms with E-state index in [2.05, 4.69) is 0 Å². The van der Waals surface area contributed by atoms with E-state index in [0.717, 1.165) is 11.7 Å². The molecule has 19 heavy (non-hydrogen) atoms. The van der Waals surface area contributed by atoms with Crippen LogP contribution in [0.2, 0.25) is 0 Å². The zero-order valence-corrected chi connectivity index (χ0v) is 12.0. The molecule has 104 valence electrons. The average Bonchev–Trinajstić information content (AvgIpc) is 2.24. The van der Waals surface area contributed by atoms with Crippen LogP contribution in [-0.2, 0) is 19.9 Å². The van der Waals surface area contributed by atoms with Crippen molar-refractivity contribution in [2.45, 2.75) is 11.8 Å². The van der Waals surface area contributed by atoms with Crippen LogP contribution in [0.15, 0.2) is 34.6 Å². The summed E-state index contributed by atoms with van der Waals surface area (Å²) in [6.07, 6.45) is 2.41. The lowest BCUT2D eigenvalue weighted by molar-refractivity contribution is 0.599. The van der Waals surface area contributed by atoms with Gasteiger partial charge in [0.2, 0.25) is 0 Å². The molecule has 2 N–H and O–H groups in total. The van der Waals surface area contributed by atoms with Crippen LogP contribution in [0.5, 0.6) is 0 Å². The van der Waals surface area contributed by atoms with Gasteiger partial charge in [0.15, 0.2) is 9.84 Å². The second kappa shape index (κ2) is 5.54. The van der Waals surface area contributed by atoms with Gasteiger partial charge in [-0.2, -0.15) is 0 Å². The van der Waals surface area contributed by atoms with Crippen molar-refractivity contribution >= 4 is 31.8 Å². The van der Waals surface area contributed by atoms with Crippen molar-refractivity contribution in [3.05, 3.63) is 35.2 Å². The number of sulfonamides is 1. The van der Waals surface area contributed by atoms with Gasteiger partial charge in [-0.3, -0.25) is 10.1 Å². The van der Waals surface area contributed by atoms with Crippen molar-refractivity contribution in [2.75, 3.05) is 6.26 Å². The van der Waals surface area contributed by atoms with E-state index in [-0.39, 0.29) is 10.7 Å². The number of benzene rings is 1. The number of amidine groups is 1. The third-order valence-corrected chi connectivity index (χ3v) is 4.26. The molecule has 0 aliphatic rings. The molecule has 0 aliphatic carbocycles. The summed E-state index contributed by atoms with van der Waals surface area (Å²) in [5, 5.41) is 7.96. The summed E-state index contributed by atoms with van der Waals surface area (Å²) < 4.78 is 47.3. The second-order valence-corrected chi connectivity index (χ2v) is 7.50. The summed E-state index contributed by atoms with van der Waals surface area (Å²) in [6, 6.07) is 5.80. The van der Waals surface area contributed by atoms with Crippen LogP contribution in [0.4, 0.5) is 0 Å². The molecule has 8 heteroatoms. The highest BCUT2D eigenvalue weighted by Gasteiger charge is 2.06. The Morgan fingerprint density at radius 2 is 1.68 bits per heavy atom. The van der Waals surface area contributed by atoms with Crippen molar-refractivity contribution in [1.29, 1.82) is 5.41 Å². The lowest BCUT2D eigenvalue weighted by Crippen LogP contribution is -2.25. The molecule has 0 spiro atoms. The zero-order chi connectivity index (χ0) is 14.7. The molecule has 1 aromatic rings. The minimum absolute atomic E-state index is 0.168. The van der Waals surface area contributed by atoms with Gasteiger partial charge in [0.05, 0.1) is 10.3 Å². The predicted molar refractivity (Wildman–Crippen MR) is 74.0 cm³/mol. The molecule has 0 atom stereocenters. The summed E-state index contributed by atoms with van der Waals surface area (Å²) in [5.41, 5.74) is 0.542. The van der Waals surface area contributed by atoms with Gasteiger partial charge in [0.1, 0.15) is 5.84 Å². The van der Waals surface area contributed by atoms with Gasteiger partial charge in [-0.05, 0) is 30.7 Å². The Kier molecular flexibility index (Phi) is 4.48. The molecular formula is C11H14N2O4S2. The highest BCUT2D eigenvalue weighted by atomic mass is 32.2. The molecule has 1 aromatic carbocycles. The van der Waals surface area contributed by atoms with Gasteiger partial charge < -0.3 is 0 Å². The molecule has 0 radical (unpaired) electrons. The molecule has 0 saturated carbocycles. The van der Waals surface area contributed by atoms with E-state index in [0.29, 0.717) is 5.56 Å². The van der Waals surface area contributed by atoms with E-state index in [1.54, 1.807) is 0 Å². The SMILES string of the molecule is CC(=N)NS(=O)(=O)/C=C/c1ccc(S(C)(=O)=O)cc1. The second-order valence-electron chi connectivity index (χ2n) is 3.92. The van der Waals surface area contributed by atoms with Gasteiger partial charge >= 0.3 is 0 Å². The molecule has 0 unspecified atom stereocenters. The third-order valence-electron chi connectivity index (χ3n) is 2.04. The van der Waals surface area contributed by atoms with Gasteiger partial charge in [-0.25, -0.2) is 16.8 Å². The molecule has 6 nitrogen and oxygen atoms in total. The molecular weight excluding hydrogens is 288 g/mol. The van der Waals surface area contributed by atoms with E-state index >= 15 is 0 Å². The van der Waals surface area contributed by atoms with Crippen LogP contribution < -0.4 is 4.72 Å². The van der Waals surface area contributed by atoms with Crippen molar-refractivity contribution in [1.82, 2.24) is 4.72 Å². The number of sulfone groups is 1. The first kappa shape index (κ1) is 15.4. The summed E-state index contributed by atoms with van der Waals surface area (Å²) >= 11 is 0. The lowest BCUT2D eigenvalue weighted by Gasteiger charge is -2.01.